The molecule has 1 amide bonds. The largest absolute Gasteiger partial charge is 0.508 e. The molecule has 37 heavy (non-hydrogen) atoms. The van der Waals surface area contributed by atoms with Gasteiger partial charge in [-0.05, 0) is 88.6 Å². The van der Waals surface area contributed by atoms with Crippen LogP contribution in [-0.2, 0) is 27.4 Å². The molecule has 0 atom stereocenters. The standard InChI is InChI=1S/C30H36N2O5/c1-7-36-29(35)28(34)31-24-15-20(2)27(21(3)16-24)37-25-13-14-26(33)23(17-25)19-32(30(4,5)6)18-22-11-9-8-10-12-22/h8-17,33H,7,18-19H2,1-6H3,(H,31,34). The molecule has 196 valence electrons. The molecule has 0 saturated heterocycles. The highest BCUT2D eigenvalue weighted by molar-refractivity contribution is 6.37. The lowest BCUT2D eigenvalue weighted by molar-refractivity contribution is -0.152. The van der Waals surface area contributed by atoms with Crippen molar-refractivity contribution in [3.8, 4) is 17.2 Å². The summed E-state index contributed by atoms with van der Waals surface area (Å²) in [6, 6.07) is 19.0. The van der Waals surface area contributed by atoms with Gasteiger partial charge in [-0.3, -0.25) is 9.69 Å². The number of esters is 1. The van der Waals surface area contributed by atoms with Crippen LogP contribution in [0.4, 0.5) is 5.69 Å². The van der Waals surface area contributed by atoms with Gasteiger partial charge in [0.1, 0.15) is 17.2 Å². The predicted molar refractivity (Wildman–Crippen MR) is 145 cm³/mol. The molecule has 0 aliphatic heterocycles. The number of hydrogen-bond donors (Lipinski definition) is 2. The Labute approximate surface area is 219 Å². The van der Waals surface area contributed by atoms with Crippen LogP contribution in [0.15, 0.2) is 60.7 Å². The first-order valence-corrected chi connectivity index (χ1v) is 12.4. The smallest absolute Gasteiger partial charge is 0.397 e. The van der Waals surface area contributed by atoms with Crippen molar-refractivity contribution in [1.82, 2.24) is 4.90 Å². The second-order valence-corrected chi connectivity index (χ2v) is 10.0. The van der Waals surface area contributed by atoms with Crippen molar-refractivity contribution in [2.45, 2.75) is 60.2 Å². The van der Waals surface area contributed by atoms with E-state index in [-0.39, 0.29) is 17.9 Å². The molecule has 0 radical (unpaired) electrons. The maximum atomic E-state index is 12.0. The number of carbonyl (C=O) groups is 2. The van der Waals surface area contributed by atoms with Gasteiger partial charge in [0.25, 0.3) is 0 Å². The van der Waals surface area contributed by atoms with Gasteiger partial charge in [-0.2, -0.15) is 0 Å². The van der Waals surface area contributed by atoms with E-state index in [1.807, 2.05) is 38.1 Å². The molecule has 0 aromatic heterocycles. The minimum atomic E-state index is -0.925. The highest BCUT2D eigenvalue weighted by Crippen LogP contribution is 2.34. The number of phenolic OH excluding ortho intramolecular Hbond substituents is 1. The quantitative estimate of drug-likeness (QED) is 0.285. The zero-order valence-electron chi connectivity index (χ0n) is 22.4. The maximum absolute atomic E-state index is 12.0. The molecular formula is C30H36N2O5. The van der Waals surface area contributed by atoms with Gasteiger partial charge in [-0.1, -0.05) is 30.3 Å². The van der Waals surface area contributed by atoms with E-state index in [1.165, 1.54) is 5.56 Å². The van der Waals surface area contributed by atoms with Crippen LogP contribution < -0.4 is 10.1 Å². The molecule has 0 bridgehead atoms. The fraction of sp³-hybridized carbons (Fsp3) is 0.333. The lowest BCUT2D eigenvalue weighted by Gasteiger charge is -2.36. The molecule has 0 fully saturated rings. The molecule has 3 aromatic rings. The van der Waals surface area contributed by atoms with Crippen molar-refractivity contribution < 1.29 is 24.2 Å². The van der Waals surface area contributed by atoms with Gasteiger partial charge >= 0.3 is 11.9 Å². The Morgan fingerprint density at radius 2 is 1.59 bits per heavy atom. The van der Waals surface area contributed by atoms with E-state index in [9.17, 15) is 14.7 Å². The number of carbonyl (C=O) groups excluding carboxylic acids is 2. The Kier molecular flexibility index (Phi) is 8.95. The first kappa shape index (κ1) is 27.7. The van der Waals surface area contributed by atoms with Crippen molar-refractivity contribution in [1.29, 1.82) is 0 Å². The van der Waals surface area contributed by atoms with E-state index in [0.29, 0.717) is 23.7 Å². The molecule has 0 aliphatic carbocycles. The second-order valence-electron chi connectivity index (χ2n) is 10.0. The average Bonchev–Trinajstić information content (AvgIpc) is 2.83. The maximum Gasteiger partial charge on any atom is 0.397 e. The van der Waals surface area contributed by atoms with Crippen LogP contribution in [0.2, 0.25) is 0 Å². The van der Waals surface area contributed by atoms with Crippen molar-refractivity contribution in [2.75, 3.05) is 11.9 Å². The van der Waals surface area contributed by atoms with E-state index < -0.39 is 11.9 Å². The zero-order chi connectivity index (χ0) is 27.2. The van der Waals surface area contributed by atoms with Crippen molar-refractivity contribution in [3.63, 3.8) is 0 Å². The lowest BCUT2D eigenvalue weighted by Crippen LogP contribution is -2.40. The fourth-order valence-electron chi connectivity index (χ4n) is 3.97. The summed E-state index contributed by atoms with van der Waals surface area (Å²) in [6.07, 6.45) is 0. The molecule has 3 rings (SSSR count). The van der Waals surface area contributed by atoms with E-state index in [4.69, 9.17) is 9.47 Å². The number of phenols is 1. The number of nitrogens with zero attached hydrogens (tertiary/aromatic N) is 1. The second kappa shape index (κ2) is 11.9. The van der Waals surface area contributed by atoms with Gasteiger partial charge in [0.2, 0.25) is 0 Å². The summed E-state index contributed by atoms with van der Waals surface area (Å²) in [4.78, 5) is 25.9. The van der Waals surface area contributed by atoms with E-state index in [2.05, 4.69) is 43.1 Å². The van der Waals surface area contributed by atoms with Gasteiger partial charge < -0.3 is 19.9 Å². The van der Waals surface area contributed by atoms with Crippen molar-refractivity contribution in [3.05, 3.63) is 82.9 Å². The van der Waals surface area contributed by atoms with Crippen LogP contribution in [0, 0.1) is 13.8 Å². The number of aryl methyl sites for hydroxylation is 2. The first-order chi connectivity index (χ1) is 17.5. The number of rotatable bonds is 8. The normalized spacial score (nSPS) is 11.3. The van der Waals surface area contributed by atoms with E-state index in [1.54, 1.807) is 31.2 Å². The molecule has 0 spiro atoms. The van der Waals surface area contributed by atoms with Gasteiger partial charge in [0, 0.05) is 29.9 Å². The Morgan fingerprint density at radius 1 is 0.946 bits per heavy atom. The lowest BCUT2D eigenvalue weighted by atomic mass is 10.0. The topological polar surface area (TPSA) is 88.1 Å². The molecule has 0 saturated carbocycles. The van der Waals surface area contributed by atoms with Gasteiger partial charge in [-0.25, -0.2) is 4.79 Å². The molecule has 7 nitrogen and oxygen atoms in total. The van der Waals surface area contributed by atoms with Gasteiger partial charge in [0.05, 0.1) is 6.61 Å². The minimum absolute atomic E-state index is 0.129. The van der Waals surface area contributed by atoms with Crippen molar-refractivity contribution >= 4 is 17.6 Å². The molecular weight excluding hydrogens is 468 g/mol. The number of ether oxygens (including phenoxy) is 2. The SMILES string of the molecule is CCOC(=O)C(=O)Nc1cc(C)c(Oc2ccc(O)c(CN(Cc3ccccc3)C(C)(C)C)c2)c(C)c1. The zero-order valence-corrected chi connectivity index (χ0v) is 22.4. The van der Waals surface area contributed by atoms with Crippen LogP contribution in [0.3, 0.4) is 0 Å². The summed E-state index contributed by atoms with van der Waals surface area (Å²) in [5.41, 5.74) is 3.88. The Morgan fingerprint density at radius 3 is 2.19 bits per heavy atom. The Bertz CT molecular complexity index is 1230. The predicted octanol–water partition coefficient (Wildman–Crippen LogP) is 6.10. The Hall–Kier alpha value is -3.84. The molecule has 0 unspecified atom stereocenters. The van der Waals surface area contributed by atoms with Gasteiger partial charge in [-0.15, -0.1) is 0 Å². The number of nitrogens with one attached hydrogen (secondary N) is 1. The van der Waals surface area contributed by atoms with Crippen LogP contribution in [-0.4, -0.2) is 34.0 Å². The Balaban J connectivity index is 1.80. The highest BCUT2D eigenvalue weighted by Gasteiger charge is 2.23. The first-order valence-electron chi connectivity index (χ1n) is 12.4. The highest BCUT2D eigenvalue weighted by atomic mass is 16.5. The molecule has 3 aromatic carbocycles. The fourth-order valence-corrected chi connectivity index (χ4v) is 3.97. The summed E-state index contributed by atoms with van der Waals surface area (Å²) in [6.45, 7) is 13.3. The number of benzene rings is 3. The number of amides is 1. The van der Waals surface area contributed by atoms with E-state index >= 15 is 0 Å². The van der Waals surface area contributed by atoms with Gasteiger partial charge in [0.15, 0.2) is 0 Å². The monoisotopic (exact) mass is 504 g/mol. The van der Waals surface area contributed by atoms with Crippen molar-refractivity contribution in [2.24, 2.45) is 0 Å². The number of hydrogen-bond acceptors (Lipinski definition) is 6. The van der Waals surface area contributed by atoms with Crippen LogP contribution in [0.5, 0.6) is 17.2 Å². The minimum Gasteiger partial charge on any atom is -0.508 e. The summed E-state index contributed by atoms with van der Waals surface area (Å²) in [5, 5.41) is 13.2. The summed E-state index contributed by atoms with van der Waals surface area (Å²) in [7, 11) is 0. The summed E-state index contributed by atoms with van der Waals surface area (Å²) >= 11 is 0. The molecule has 0 heterocycles. The molecule has 2 N–H and O–H groups in total. The third-order valence-electron chi connectivity index (χ3n) is 5.98. The molecule has 7 heteroatoms. The van der Waals surface area contributed by atoms with Crippen LogP contribution in [0.25, 0.3) is 0 Å². The number of aromatic hydroxyl groups is 1. The third-order valence-corrected chi connectivity index (χ3v) is 5.98. The average molecular weight is 505 g/mol. The number of anilines is 1. The van der Waals surface area contributed by atoms with Crippen LogP contribution >= 0.6 is 0 Å². The van der Waals surface area contributed by atoms with Crippen LogP contribution in [0.1, 0.15) is 49.9 Å². The van der Waals surface area contributed by atoms with E-state index in [0.717, 1.165) is 23.2 Å². The summed E-state index contributed by atoms with van der Waals surface area (Å²) in [5.74, 6) is -0.304. The summed E-state index contributed by atoms with van der Waals surface area (Å²) < 4.78 is 11.0. The third kappa shape index (κ3) is 7.57. The molecule has 0 aliphatic rings.